The Morgan fingerprint density at radius 1 is 1.42 bits per heavy atom. The van der Waals surface area contributed by atoms with Crippen LogP contribution in [-0.4, -0.2) is 20.5 Å². The molecule has 0 bridgehead atoms. The highest BCUT2D eigenvalue weighted by atomic mass is 79.9. The molecule has 0 atom stereocenters. The number of hydrogen-bond donors (Lipinski definition) is 0. The average molecular weight is 322 g/mol. The van der Waals surface area contributed by atoms with Gasteiger partial charge in [0.05, 0.1) is 6.42 Å². The molecule has 0 saturated heterocycles. The third-order valence-electron chi connectivity index (χ3n) is 2.70. The van der Waals surface area contributed by atoms with Gasteiger partial charge in [-0.3, -0.25) is 4.79 Å². The lowest BCUT2D eigenvalue weighted by atomic mass is 10.1. The van der Waals surface area contributed by atoms with E-state index in [0.717, 1.165) is 16.8 Å². The number of Topliss-reactive ketones (excluding diaryl/α,β-unsaturated/α-hetero) is 1. The van der Waals surface area contributed by atoms with Crippen molar-refractivity contribution in [2.75, 3.05) is 0 Å². The van der Waals surface area contributed by atoms with Crippen LogP contribution in [0.25, 0.3) is 0 Å². The number of aromatic nitrogens is 3. The SMILES string of the molecule is CC(C)Cn1ncnc1CC(=O)c1cccc(Br)c1. The van der Waals surface area contributed by atoms with Crippen molar-refractivity contribution in [1.29, 1.82) is 0 Å². The van der Waals surface area contributed by atoms with Crippen LogP contribution >= 0.6 is 15.9 Å². The number of carbonyl (C=O) groups is 1. The molecule has 0 aliphatic rings. The molecule has 0 radical (unpaired) electrons. The van der Waals surface area contributed by atoms with Crippen LogP contribution in [0.4, 0.5) is 0 Å². The first-order valence-corrected chi connectivity index (χ1v) is 7.01. The molecule has 4 nitrogen and oxygen atoms in total. The fourth-order valence-corrected chi connectivity index (χ4v) is 2.23. The smallest absolute Gasteiger partial charge is 0.170 e. The van der Waals surface area contributed by atoms with Gasteiger partial charge in [0, 0.05) is 16.6 Å². The minimum atomic E-state index is 0.0549. The molecule has 100 valence electrons. The monoisotopic (exact) mass is 321 g/mol. The summed E-state index contributed by atoms with van der Waals surface area (Å²) in [6, 6.07) is 7.40. The van der Waals surface area contributed by atoms with Crippen LogP contribution < -0.4 is 0 Å². The molecular weight excluding hydrogens is 306 g/mol. The van der Waals surface area contributed by atoms with Gasteiger partial charge in [0.25, 0.3) is 0 Å². The van der Waals surface area contributed by atoms with Gasteiger partial charge >= 0.3 is 0 Å². The van der Waals surface area contributed by atoms with E-state index < -0.39 is 0 Å². The van der Waals surface area contributed by atoms with Gasteiger partial charge in [0.1, 0.15) is 12.2 Å². The minimum Gasteiger partial charge on any atom is -0.294 e. The van der Waals surface area contributed by atoms with E-state index in [1.165, 1.54) is 6.33 Å². The van der Waals surface area contributed by atoms with Crippen molar-refractivity contribution in [3.05, 3.63) is 46.5 Å². The van der Waals surface area contributed by atoms with Crippen LogP contribution in [0.2, 0.25) is 0 Å². The fourth-order valence-electron chi connectivity index (χ4n) is 1.83. The molecule has 1 heterocycles. The van der Waals surface area contributed by atoms with E-state index in [0.29, 0.717) is 11.5 Å². The molecule has 19 heavy (non-hydrogen) atoms. The highest BCUT2D eigenvalue weighted by Gasteiger charge is 2.13. The number of nitrogens with zero attached hydrogens (tertiary/aromatic N) is 3. The third-order valence-corrected chi connectivity index (χ3v) is 3.19. The molecule has 0 aliphatic carbocycles. The van der Waals surface area contributed by atoms with Crippen LogP contribution in [0.15, 0.2) is 35.1 Å². The van der Waals surface area contributed by atoms with E-state index in [9.17, 15) is 4.79 Å². The van der Waals surface area contributed by atoms with Gasteiger partial charge in [-0.25, -0.2) is 9.67 Å². The number of carbonyl (C=O) groups excluding carboxylic acids is 1. The zero-order valence-corrected chi connectivity index (χ0v) is 12.6. The van der Waals surface area contributed by atoms with Crippen LogP contribution in [-0.2, 0) is 13.0 Å². The van der Waals surface area contributed by atoms with Gasteiger partial charge in [0.15, 0.2) is 5.78 Å². The maximum atomic E-state index is 12.2. The summed E-state index contributed by atoms with van der Waals surface area (Å²) in [5, 5.41) is 4.16. The lowest BCUT2D eigenvalue weighted by Gasteiger charge is -2.08. The van der Waals surface area contributed by atoms with Crippen LogP contribution in [0.3, 0.4) is 0 Å². The molecule has 0 fully saturated rings. The van der Waals surface area contributed by atoms with Gasteiger partial charge in [-0.05, 0) is 18.1 Å². The quantitative estimate of drug-likeness (QED) is 0.795. The summed E-state index contributed by atoms with van der Waals surface area (Å²) >= 11 is 3.37. The topological polar surface area (TPSA) is 47.8 Å². The zero-order valence-electron chi connectivity index (χ0n) is 11.0. The molecule has 2 rings (SSSR count). The largest absolute Gasteiger partial charge is 0.294 e. The Kier molecular flexibility index (Phi) is 4.47. The molecule has 0 amide bonds. The highest BCUT2D eigenvalue weighted by molar-refractivity contribution is 9.10. The Hall–Kier alpha value is -1.49. The number of halogens is 1. The van der Waals surface area contributed by atoms with E-state index in [1.54, 1.807) is 4.68 Å². The van der Waals surface area contributed by atoms with Crippen molar-refractivity contribution in [1.82, 2.24) is 14.8 Å². The van der Waals surface area contributed by atoms with Gasteiger partial charge < -0.3 is 0 Å². The second-order valence-electron chi connectivity index (χ2n) is 4.86. The number of ketones is 1. The van der Waals surface area contributed by atoms with Gasteiger partial charge in [0.2, 0.25) is 0 Å². The maximum Gasteiger partial charge on any atom is 0.170 e. The molecule has 0 spiro atoms. The van der Waals surface area contributed by atoms with E-state index >= 15 is 0 Å². The van der Waals surface area contributed by atoms with Crippen LogP contribution in [0.5, 0.6) is 0 Å². The third kappa shape index (κ3) is 3.73. The normalized spacial score (nSPS) is 10.9. The Labute approximate surface area is 121 Å². The van der Waals surface area contributed by atoms with Crippen molar-refractivity contribution < 1.29 is 4.79 Å². The van der Waals surface area contributed by atoms with Gasteiger partial charge in [-0.2, -0.15) is 5.10 Å². The number of benzene rings is 1. The van der Waals surface area contributed by atoms with Crippen molar-refractivity contribution in [2.45, 2.75) is 26.8 Å². The van der Waals surface area contributed by atoms with Crippen molar-refractivity contribution in [2.24, 2.45) is 5.92 Å². The fraction of sp³-hybridized carbons (Fsp3) is 0.357. The molecule has 2 aromatic rings. The van der Waals surface area contributed by atoms with Crippen LogP contribution in [0, 0.1) is 5.92 Å². The Morgan fingerprint density at radius 3 is 2.89 bits per heavy atom. The summed E-state index contributed by atoms with van der Waals surface area (Å²) in [5.74, 6) is 1.25. The first-order chi connectivity index (χ1) is 9.06. The summed E-state index contributed by atoms with van der Waals surface area (Å²) < 4.78 is 2.71. The lowest BCUT2D eigenvalue weighted by molar-refractivity contribution is 0.0989. The van der Waals surface area contributed by atoms with Crippen molar-refractivity contribution in [3.63, 3.8) is 0 Å². The Morgan fingerprint density at radius 2 is 2.21 bits per heavy atom. The molecule has 5 heteroatoms. The molecular formula is C14H16BrN3O. The summed E-state index contributed by atoms with van der Waals surface area (Å²) in [6.45, 7) is 5.00. The molecule has 0 unspecified atom stereocenters. The molecule has 1 aromatic heterocycles. The number of hydrogen-bond acceptors (Lipinski definition) is 3. The standard InChI is InChI=1S/C14H16BrN3O/c1-10(2)8-18-14(16-9-17-18)7-13(19)11-4-3-5-12(15)6-11/h3-6,9-10H,7-8H2,1-2H3. The van der Waals surface area contributed by atoms with Gasteiger partial charge in [-0.1, -0.05) is 41.9 Å². The predicted octanol–water partition coefficient (Wildman–Crippen LogP) is 3.12. The summed E-state index contributed by atoms with van der Waals surface area (Å²) in [4.78, 5) is 16.4. The van der Waals surface area contributed by atoms with Crippen molar-refractivity contribution >= 4 is 21.7 Å². The maximum absolute atomic E-state index is 12.2. The van der Waals surface area contributed by atoms with Crippen LogP contribution in [0.1, 0.15) is 30.0 Å². The summed E-state index contributed by atoms with van der Waals surface area (Å²) in [5.41, 5.74) is 0.688. The second-order valence-corrected chi connectivity index (χ2v) is 5.78. The molecule has 0 N–H and O–H groups in total. The Balaban J connectivity index is 2.13. The van der Waals surface area contributed by atoms with E-state index in [1.807, 2.05) is 24.3 Å². The van der Waals surface area contributed by atoms with Crippen molar-refractivity contribution in [3.8, 4) is 0 Å². The Bertz CT molecular complexity index is 578. The predicted molar refractivity (Wildman–Crippen MR) is 77.0 cm³/mol. The number of rotatable bonds is 5. The first kappa shape index (κ1) is 13.9. The molecule has 1 aromatic carbocycles. The van der Waals surface area contributed by atoms with E-state index in [4.69, 9.17) is 0 Å². The first-order valence-electron chi connectivity index (χ1n) is 6.21. The van der Waals surface area contributed by atoms with Gasteiger partial charge in [-0.15, -0.1) is 0 Å². The molecule has 0 saturated carbocycles. The molecule has 0 aliphatic heterocycles. The second kappa shape index (κ2) is 6.10. The van der Waals surface area contributed by atoms with E-state index in [-0.39, 0.29) is 12.2 Å². The zero-order chi connectivity index (χ0) is 13.8. The minimum absolute atomic E-state index is 0.0549. The summed E-state index contributed by atoms with van der Waals surface area (Å²) in [7, 11) is 0. The summed E-state index contributed by atoms with van der Waals surface area (Å²) in [6.07, 6.45) is 1.79. The highest BCUT2D eigenvalue weighted by Crippen LogP contribution is 2.13. The average Bonchev–Trinajstić information content (AvgIpc) is 2.75. The van der Waals surface area contributed by atoms with E-state index in [2.05, 4.69) is 39.9 Å². The lowest BCUT2D eigenvalue weighted by Crippen LogP contribution is -2.14.